The van der Waals surface area contributed by atoms with E-state index in [1.165, 1.54) is 25.3 Å². The highest BCUT2D eigenvalue weighted by Gasteiger charge is 2.57. The lowest BCUT2D eigenvalue weighted by Gasteiger charge is -2.32. The van der Waals surface area contributed by atoms with Crippen LogP contribution in [0.3, 0.4) is 0 Å². The zero-order valence-electron chi connectivity index (χ0n) is 8.75. The summed E-state index contributed by atoms with van der Waals surface area (Å²) in [4.78, 5) is 0. The lowest BCUT2D eigenvalue weighted by atomic mass is 9.77. The molecule has 2 aliphatic carbocycles. The van der Waals surface area contributed by atoms with Gasteiger partial charge in [-0.05, 0) is 42.9 Å². The Morgan fingerprint density at radius 3 is 2.73 bits per heavy atom. The smallest absolute Gasteiger partial charge is 0.123 e. The van der Waals surface area contributed by atoms with Gasteiger partial charge in [-0.15, -0.1) is 0 Å². The minimum absolute atomic E-state index is 0.00789. The van der Waals surface area contributed by atoms with Crippen LogP contribution >= 0.6 is 0 Å². The van der Waals surface area contributed by atoms with Gasteiger partial charge in [0, 0.05) is 11.5 Å². The number of halogens is 1. The van der Waals surface area contributed by atoms with Crippen LogP contribution in [-0.4, -0.2) is 5.54 Å². The fourth-order valence-corrected chi connectivity index (χ4v) is 2.84. The lowest BCUT2D eigenvalue weighted by molar-refractivity contribution is 0.242. The summed E-state index contributed by atoms with van der Waals surface area (Å²) in [6.45, 7) is 0. The molecule has 2 heteroatoms. The number of benzene rings is 1. The Bertz CT molecular complexity index is 386. The maximum absolute atomic E-state index is 13.1. The molecule has 0 spiro atoms. The number of nitrogens with two attached hydrogens (primary N) is 1. The van der Waals surface area contributed by atoms with Gasteiger partial charge in [0.25, 0.3) is 0 Å². The van der Waals surface area contributed by atoms with E-state index in [1.54, 1.807) is 12.1 Å². The quantitative estimate of drug-likeness (QED) is 0.789. The molecule has 2 unspecified atom stereocenters. The van der Waals surface area contributed by atoms with Crippen molar-refractivity contribution in [1.29, 1.82) is 0 Å². The third-order valence-corrected chi connectivity index (χ3v) is 4.16. The average Bonchev–Trinajstić information content (AvgIpc) is 2.75. The highest BCUT2D eigenvalue weighted by Crippen LogP contribution is 2.58. The van der Waals surface area contributed by atoms with Crippen LogP contribution in [0.1, 0.15) is 37.2 Å². The van der Waals surface area contributed by atoms with Crippen LogP contribution in [0, 0.1) is 11.7 Å². The van der Waals surface area contributed by atoms with E-state index in [1.807, 2.05) is 6.07 Å². The average molecular weight is 205 g/mol. The molecule has 0 aromatic heterocycles. The Morgan fingerprint density at radius 2 is 2.13 bits per heavy atom. The van der Waals surface area contributed by atoms with Crippen LogP contribution in [0.4, 0.5) is 4.39 Å². The zero-order chi connectivity index (χ0) is 10.5. The topological polar surface area (TPSA) is 26.0 Å². The fraction of sp³-hybridized carbons (Fsp3) is 0.538. The minimum Gasteiger partial charge on any atom is -0.324 e. The Morgan fingerprint density at radius 1 is 1.33 bits per heavy atom. The number of hydrogen-bond donors (Lipinski definition) is 1. The molecule has 0 radical (unpaired) electrons. The van der Waals surface area contributed by atoms with Gasteiger partial charge in [-0.2, -0.15) is 0 Å². The first-order valence-corrected chi connectivity index (χ1v) is 5.74. The van der Waals surface area contributed by atoms with Crippen molar-refractivity contribution in [2.45, 2.75) is 37.1 Å². The third-order valence-electron chi connectivity index (χ3n) is 4.16. The fourth-order valence-electron chi connectivity index (χ4n) is 2.84. The molecule has 15 heavy (non-hydrogen) atoms. The van der Waals surface area contributed by atoms with Crippen molar-refractivity contribution in [3.8, 4) is 0 Å². The van der Waals surface area contributed by atoms with Crippen molar-refractivity contribution < 1.29 is 4.39 Å². The van der Waals surface area contributed by atoms with Crippen molar-refractivity contribution in [3.05, 3.63) is 35.6 Å². The Labute approximate surface area is 89.5 Å². The van der Waals surface area contributed by atoms with Crippen molar-refractivity contribution in [3.63, 3.8) is 0 Å². The van der Waals surface area contributed by atoms with Crippen LogP contribution in [0.5, 0.6) is 0 Å². The summed E-state index contributed by atoms with van der Waals surface area (Å²) < 4.78 is 13.1. The van der Waals surface area contributed by atoms with E-state index in [0.29, 0.717) is 11.8 Å². The van der Waals surface area contributed by atoms with Gasteiger partial charge in [0.05, 0.1) is 0 Å². The second-order valence-corrected chi connectivity index (χ2v) is 5.05. The molecule has 2 saturated carbocycles. The molecule has 80 valence electrons. The molecule has 0 heterocycles. The van der Waals surface area contributed by atoms with Gasteiger partial charge < -0.3 is 5.73 Å². The van der Waals surface area contributed by atoms with E-state index in [-0.39, 0.29) is 11.4 Å². The Hall–Kier alpha value is -0.890. The lowest BCUT2D eigenvalue weighted by Crippen LogP contribution is -2.38. The molecule has 2 atom stereocenters. The van der Waals surface area contributed by atoms with E-state index < -0.39 is 0 Å². The molecular weight excluding hydrogens is 189 g/mol. The van der Waals surface area contributed by atoms with Crippen molar-refractivity contribution in [2.75, 3.05) is 0 Å². The SMILES string of the molecule is NC1(C2CCC2)CC1c1cccc(F)c1. The van der Waals surface area contributed by atoms with Crippen LogP contribution in [0.2, 0.25) is 0 Å². The van der Waals surface area contributed by atoms with Crippen molar-refractivity contribution in [2.24, 2.45) is 11.7 Å². The monoisotopic (exact) mass is 205 g/mol. The summed E-state index contributed by atoms with van der Waals surface area (Å²) >= 11 is 0. The highest BCUT2D eigenvalue weighted by molar-refractivity contribution is 5.34. The van der Waals surface area contributed by atoms with Crippen LogP contribution in [0.25, 0.3) is 0 Å². The van der Waals surface area contributed by atoms with Gasteiger partial charge in [0.2, 0.25) is 0 Å². The highest BCUT2D eigenvalue weighted by atomic mass is 19.1. The first-order chi connectivity index (χ1) is 7.20. The van der Waals surface area contributed by atoms with Gasteiger partial charge in [-0.3, -0.25) is 0 Å². The molecule has 0 amide bonds. The summed E-state index contributed by atoms with van der Waals surface area (Å²) in [6, 6.07) is 6.91. The van der Waals surface area contributed by atoms with Gasteiger partial charge in [-0.25, -0.2) is 4.39 Å². The molecule has 1 nitrogen and oxygen atoms in total. The summed E-state index contributed by atoms with van der Waals surface area (Å²) in [5.41, 5.74) is 7.44. The Balaban J connectivity index is 1.80. The predicted molar refractivity (Wildman–Crippen MR) is 58.0 cm³/mol. The maximum Gasteiger partial charge on any atom is 0.123 e. The molecule has 2 N–H and O–H groups in total. The second kappa shape index (κ2) is 3.05. The van der Waals surface area contributed by atoms with Gasteiger partial charge in [-0.1, -0.05) is 18.6 Å². The summed E-state index contributed by atoms with van der Waals surface area (Å²) in [5.74, 6) is 0.944. The van der Waals surface area contributed by atoms with E-state index in [9.17, 15) is 4.39 Å². The molecule has 1 aromatic rings. The predicted octanol–water partition coefficient (Wildman–Crippen LogP) is 2.81. The van der Waals surface area contributed by atoms with Crippen molar-refractivity contribution in [1.82, 2.24) is 0 Å². The molecule has 0 saturated heterocycles. The second-order valence-electron chi connectivity index (χ2n) is 5.05. The zero-order valence-corrected chi connectivity index (χ0v) is 8.75. The molecule has 3 rings (SSSR count). The summed E-state index contributed by atoms with van der Waals surface area (Å²) in [7, 11) is 0. The number of hydrogen-bond acceptors (Lipinski definition) is 1. The molecule has 2 aliphatic rings. The van der Waals surface area contributed by atoms with Gasteiger partial charge in [0.15, 0.2) is 0 Å². The van der Waals surface area contributed by atoms with E-state index in [2.05, 4.69) is 0 Å². The molecule has 2 fully saturated rings. The normalized spacial score (nSPS) is 34.9. The first kappa shape index (κ1) is 9.34. The largest absolute Gasteiger partial charge is 0.324 e. The molecule has 0 aliphatic heterocycles. The van der Waals surface area contributed by atoms with E-state index in [0.717, 1.165) is 12.0 Å². The first-order valence-electron chi connectivity index (χ1n) is 5.74. The van der Waals surface area contributed by atoms with Crippen LogP contribution in [0.15, 0.2) is 24.3 Å². The maximum atomic E-state index is 13.1. The van der Waals surface area contributed by atoms with Crippen LogP contribution < -0.4 is 5.73 Å². The van der Waals surface area contributed by atoms with E-state index >= 15 is 0 Å². The third kappa shape index (κ3) is 1.39. The Kier molecular flexibility index (Phi) is 1.90. The van der Waals surface area contributed by atoms with Gasteiger partial charge in [0.1, 0.15) is 5.82 Å². The molecular formula is C13H16FN. The van der Waals surface area contributed by atoms with Crippen LogP contribution in [-0.2, 0) is 0 Å². The standard InChI is InChI=1S/C13H16FN/c14-11-6-1-3-9(7-11)12-8-13(12,15)10-4-2-5-10/h1,3,6-7,10,12H,2,4-5,8,15H2. The summed E-state index contributed by atoms with van der Waals surface area (Å²) in [5, 5.41) is 0. The minimum atomic E-state index is -0.143. The number of rotatable bonds is 2. The van der Waals surface area contributed by atoms with Crippen molar-refractivity contribution >= 4 is 0 Å². The van der Waals surface area contributed by atoms with E-state index in [4.69, 9.17) is 5.73 Å². The molecule has 0 bridgehead atoms. The molecule has 1 aromatic carbocycles. The summed E-state index contributed by atoms with van der Waals surface area (Å²) in [6.07, 6.45) is 4.89. The van der Waals surface area contributed by atoms with Gasteiger partial charge >= 0.3 is 0 Å².